The molecule has 3 heteroatoms. The molecule has 1 aromatic heterocycles. The summed E-state index contributed by atoms with van der Waals surface area (Å²) in [5, 5.41) is 8.11. The molecule has 1 atom stereocenters. The summed E-state index contributed by atoms with van der Waals surface area (Å²) in [6.07, 6.45) is 3.28. The van der Waals surface area contributed by atoms with Crippen LogP contribution in [-0.2, 0) is 19.9 Å². The van der Waals surface area contributed by atoms with E-state index < -0.39 is 0 Å². The Hall–Kier alpha value is -0.830. The van der Waals surface area contributed by atoms with Crippen molar-refractivity contribution >= 4 is 0 Å². The fourth-order valence-electron chi connectivity index (χ4n) is 2.11. The largest absolute Gasteiger partial charge is 0.314 e. The number of hydrogen-bond donors (Lipinski definition) is 1. The Morgan fingerprint density at radius 3 is 2.50 bits per heavy atom. The van der Waals surface area contributed by atoms with E-state index >= 15 is 0 Å². The zero-order valence-electron chi connectivity index (χ0n) is 12.9. The lowest BCUT2D eigenvalue weighted by Gasteiger charge is -2.29. The van der Waals surface area contributed by atoms with Gasteiger partial charge in [-0.25, -0.2) is 0 Å². The Kier molecular flexibility index (Phi) is 5.39. The van der Waals surface area contributed by atoms with E-state index in [1.165, 1.54) is 17.8 Å². The average Bonchev–Trinajstić information content (AvgIpc) is 2.67. The third-order valence-corrected chi connectivity index (χ3v) is 3.79. The molecule has 0 aliphatic carbocycles. The van der Waals surface area contributed by atoms with Gasteiger partial charge in [-0.05, 0) is 30.7 Å². The first-order valence-corrected chi connectivity index (χ1v) is 7.15. The number of rotatable bonds is 7. The first-order valence-electron chi connectivity index (χ1n) is 7.15. The van der Waals surface area contributed by atoms with Gasteiger partial charge in [0.25, 0.3) is 0 Å². The molecule has 1 unspecified atom stereocenters. The highest BCUT2D eigenvalue weighted by Crippen LogP contribution is 2.26. The van der Waals surface area contributed by atoms with Crippen molar-refractivity contribution in [1.82, 2.24) is 15.1 Å². The van der Waals surface area contributed by atoms with Gasteiger partial charge in [0.05, 0.1) is 5.69 Å². The van der Waals surface area contributed by atoms with Gasteiger partial charge in [0.1, 0.15) is 0 Å². The zero-order valence-corrected chi connectivity index (χ0v) is 12.9. The van der Waals surface area contributed by atoms with Crippen molar-refractivity contribution in [2.75, 3.05) is 6.54 Å². The molecule has 18 heavy (non-hydrogen) atoms. The molecule has 1 heterocycles. The number of nitrogens with zero attached hydrogens (tertiary/aromatic N) is 2. The van der Waals surface area contributed by atoms with Gasteiger partial charge in [-0.2, -0.15) is 5.10 Å². The van der Waals surface area contributed by atoms with Gasteiger partial charge < -0.3 is 5.32 Å². The molecule has 0 saturated heterocycles. The SMILES string of the molecule is CCc1cc(CC(C)(CC)CNC(C)C)n(C)n1. The molecule has 0 fully saturated rings. The Balaban J connectivity index is 2.74. The van der Waals surface area contributed by atoms with Crippen LogP contribution in [0.25, 0.3) is 0 Å². The van der Waals surface area contributed by atoms with Gasteiger partial charge in [0, 0.05) is 25.3 Å². The van der Waals surface area contributed by atoms with Gasteiger partial charge in [-0.15, -0.1) is 0 Å². The normalized spacial score (nSPS) is 15.1. The molecular formula is C15H29N3. The van der Waals surface area contributed by atoms with Crippen LogP contribution >= 0.6 is 0 Å². The highest BCUT2D eigenvalue weighted by Gasteiger charge is 2.24. The lowest BCUT2D eigenvalue weighted by molar-refractivity contribution is 0.275. The fraction of sp³-hybridized carbons (Fsp3) is 0.800. The number of hydrogen-bond acceptors (Lipinski definition) is 2. The van der Waals surface area contributed by atoms with Crippen LogP contribution in [0.15, 0.2) is 6.07 Å². The molecule has 0 amide bonds. The molecule has 1 aromatic rings. The van der Waals surface area contributed by atoms with Crippen LogP contribution in [-0.4, -0.2) is 22.4 Å². The summed E-state index contributed by atoms with van der Waals surface area (Å²) in [6.45, 7) is 12.3. The molecule has 0 aliphatic rings. The molecule has 0 aromatic carbocycles. The molecule has 0 bridgehead atoms. The third kappa shape index (κ3) is 4.13. The molecular weight excluding hydrogens is 222 g/mol. The Bertz CT molecular complexity index is 368. The van der Waals surface area contributed by atoms with Crippen LogP contribution in [0.5, 0.6) is 0 Å². The topological polar surface area (TPSA) is 29.9 Å². The maximum Gasteiger partial charge on any atom is 0.0624 e. The third-order valence-electron chi connectivity index (χ3n) is 3.79. The van der Waals surface area contributed by atoms with E-state index in [0.717, 1.165) is 19.4 Å². The lowest BCUT2D eigenvalue weighted by Crippen LogP contribution is -2.37. The minimum absolute atomic E-state index is 0.309. The predicted molar refractivity (Wildman–Crippen MR) is 77.8 cm³/mol. The number of nitrogens with one attached hydrogen (secondary N) is 1. The van der Waals surface area contributed by atoms with Crippen LogP contribution in [0.1, 0.15) is 52.4 Å². The van der Waals surface area contributed by atoms with Crippen LogP contribution in [0.2, 0.25) is 0 Å². The van der Waals surface area contributed by atoms with Crippen molar-refractivity contribution in [3.8, 4) is 0 Å². The average molecular weight is 251 g/mol. The molecule has 1 rings (SSSR count). The minimum Gasteiger partial charge on any atom is -0.314 e. The summed E-state index contributed by atoms with van der Waals surface area (Å²) in [5.41, 5.74) is 2.85. The van der Waals surface area contributed by atoms with Crippen LogP contribution in [0.3, 0.4) is 0 Å². The van der Waals surface area contributed by atoms with E-state index in [1.807, 2.05) is 4.68 Å². The summed E-state index contributed by atoms with van der Waals surface area (Å²) in [7, 11) is 2.06. The highest BCUT2D eigenvalue weighted by atomic mass is 15.3. The summed E-state index contributed by atoms with van der Waals surface area (Å²) in [5.74, 6) is 0. The van der Waals surface area contributed by atoms with Crippen molar-refractivity contribution in [1.29, 1.82) is 0 Å². The van der Waals surface area contributed by atoms with Gasteiger partial charge in [-0.1, -0.05) is 34.6 Å². The smallest absolute Gasteiger partial charge is 0.0624 e. The molecule has 3 nitrogen and oxygen atoms in total. The second kappa shape index (κ2) is 6.37. The maximum absolute atomic E-state index is 4.54. The monoisotopic (exact) mass is 251 g/mol. The van der Waals surface area contributed by atoms with Crippen LogP contribution in [0, 0.1) is 5.41 Å². The van der Waals surface area contributed by atoms with E-state index in [1.54, 1.807) is 0 Å². The first kappa shape index (κ1) is 15.2. The van der Waals surface area contributed by atoms with Gasteiger partial charge in [-0.3, -0.25) is 4.68 Å². The van der Waals surface area contributed by atoms with Crippen LogP contribution in [0.4, 0.5) is 0 Å². The lowest BCUT2D eigenvalue weighted by atomic mass is 9.82. The van der Waals surface area contributed by atoms with Crippen molar-refractivity contribution in [2.24, 2.45) is 12.5 Å². The van der Waals surface area contributed by atoms with Crippen molar-refractivity contribution in [3.05, 3.63) is 17.5 Å². The second-order valence-corrected chi connectivity index (χ2v) is 5.98. The van der Waals surface area contributed by atoms with E-state index in [4.69, 9.17) is 0 Å². The molecule has 0 aliphatic heterocycles. The van der Waals surface area contributed by atoms with E-state index in [9.17, 15) is 0 Å². The highest BCUT2D eigenvalue weighted by molar-refractivity contribution is 5.12. The van der Waals surface area contributed by atoms with Crippen molar-refractivity contribution < 1.29 is 0 Å². The molecule has 0 spiro atoms. The number of aromatic nitrogens is 2. The van der Waals surface area contributed by atoms with Gasteiger partial charge in [0.2, 0.25) is 0 Å². The van der Waals surface area contributed by atoms with E-state index in [0.29, 0.717) is 11.5 Å². The standard InChI is InChI=1S/C15H29N3/c1-7-13-9-14(18(6)17-13)10-15(5,8-2)11-16-12(3)4/h9,12,16H,7-8,10-11H2,1-6H3. The van der Waals surface area contributed by atoms with E-state index in [-0.39, 0.29) is 0 Å². The summed E-state index contributed by atoms with van der Waals surface area (Å²) in [6, 6.07) is 2.80. The van der Waals surface area contributed by atoms with Gasteiger partial charge >= 0.3 is 0 Å². The fourth-order valence-corrected chi connectivity index (χ4v) is 2.11. The summed E-state index contributed by atoms with van der Waals surface area (Å²) in [4.78, 5) is 0. The maximum atomic E-state index is 4.54. The van der Waals surface area contributed by atoms with Crippen LogP contribution < -0.4 is 5.32 Å². The minimum atomic E-state index is 0.309. The number of aryl methyl sites for hydroxylation is 2. The predicted octanol–water partition coefficient (Wildman–Crippen LogP) is 2.94. The Morgan fingerprint density at radius 1 is 1.39 bits per heavy atom. The molecule has 1 N–H and O–H groups in total. The van der Waals surface area contributed by atoms with Gasteiger partial charge in [0.15, 0.2) is 0 Å². The molecule has 0 radical (unpaired) electrons. The van der Waals surface area contributed by atoms with Crippen molar-refractivity contribution in [3.63, 3.8) is 0 Å². The quantitative estimate of drug-likeness (QED) is 0.807. The summed E-state index contributed by atoms with van der Waals surface area (Å²) >= 11 is 0. The summed E-state index contributed by atoms with van der Waals surface area (Å²) < 4.78 is 2.04. The Labute approximate surface area is 112 Å². The molecule has 0 saturated carbocycles. The first-order chi connectivity index (χ1) is 8.40. The Morgan fingerprint density at radius 2 is 2.06 bits per heavy atom. The van der Waals surface area contributed by atoms with E-state index in [2.05, 4.69) is 58.1 Å². The van der Waals surface area contributed by atoms with Crippen molar-refractivity contribution in [2.45, 2.75) is 59.9 Å². The second-order valence-electron chi connectivity index (χ2n) is 5.98. The zero-order chi connectivity index (χ0) is 13.8. The molecule has 104 valence electrons.